The number of ether oxygens (including phenoxy) is 1. The Labute approximate surface area is 89.4 Å². The lowest BCUT2D eigenvalue weighted by atomic mass is 9.98. The highest BCUT2D eigenvalue weighted by Gasteiger charge is 2.22. The zero-order chi connectivity index (χ0) is 11.3. The Kier molecular flexibility index (Phi) is 3.68. The molecular weight excluding hydrogens is 192 g/mol. The van der Waals surface area contributed by atoms with Gasteiger partial charge in [0.25, 0.3) is 0 Å². The van der Waals surface area contributed by atoms with E-state index in [-0.39, 0.29) is 0 Å². The Hall–Kier alpha value is -1.55. The molecule has 0 aliphatic rings. The van der Waals surface area contributed by atoms with Crippen LogP contribution in [0.2, 0.25) is 0 Å². The summed E-state index contributed by atoms with van der Waals surface area (Å²) >= 11 is 0. The van der Waals surface area contributed by atoms with E-state index in [1.807, 2.05) is 49.6 Å². The highest BCUT2D eigenvalue weighted by Crippen LogP contribution is 2.16. The number of amides is 1. The lowest BCUT2D eigenvalue weighted by Crippen LogP contribution is -2.39. The van der Waals surface area contributed by atoms with E-state index in [9.17, 15) is 4.79 Å². The van der Waals surface area contributed by atoms with Crippen LogP contribution in [-0.4, -0.2) is 11.7 Å². The smallest absolute Gasteiger partial charge is 0.421 e. The summed E-state index contributed by atoms with van der Waals surface area (Å²) in [7, 11) is 0. The fraction of sp³-hybridized carbons (Fsp3) is 0.364. The second kappa shape index (κ2) is 4.79. The molecule has 15 heavy (non-hydrogen) atoms. The minimum Gasteiger partial charge on any atom is -0.442 e. The molecule has 0 radical (unpaired) electrons. The second-order valence-corrected chi connectivity index (χ2v) is 3.96. The molecule has 0 spiro atoms. The van der Waals surface area contributed by atoms with Crippen LogP contribution in [0.25, 0.3) is 0 Å². The molecule has 0 atom stereocenters. The molecule has 4 nitrogen and oxygen atoms in total. The predicted octanol–water partition coefficient (Wildman–Crippen LogP) is 1.61. The summed E-state index contributed by atoms with van der Waals surface area (Å²) in [5.41, 5.74) is 2.50. The minimum absolute atomic E-state index is 0.565. The highest BCUT2D eigenvalue weighted by atomic mass is 16.6. The largest absolute Gasteiger partial charge is 0.442 e. The molecule has 3 N–H and O–H groups in total. The van der Waals surface area contributed by atoms with Crippen LogP contribution in [0.1, 0.15) is 19.4 Å². The molecule has 0 heterocycles. The van der Waals surface area contributed by atoms with E-state index in [2.05, 4.69) is 0 Å². The summed E-state index contributed by atoms with van der Waals surface area (Å²) < 4.78 is 5.12. The van der Waals surface area contributed by atoms with Crippen LogP contribution in [0.15, 0.2) is 30.3 Å². The van der Waals surface area contributed by atoms with E-state index < -0.39 is 11.7 Å². The van der Waals surface area contributed by atoms with E-state index in [1.54, 1.807) is 0 Å². The van der Waals surface area contributed by atoms with Gasteiger partial charge in [0.1, 0.15) is 5.60 Å². The van der Waals surface area contributed by atoms with Gasteiger partial charge in [-0.1, -0.05) is 30.3 Å². The molecule has 1 aromatic carbocycles. The summed E-state index contributed by atoms with van der Waals surface area (Å²) in [5, 5.41) is 0. The fourth-order valence-corrected chi connectivity index (χ4v) is 1.40. The van der Waals surface area contributed by atoms with Crippen LogP contribution in [-0.2, 0) is 11.2 Å². The summed E-state index contributed by atoms with van der Waals surface area (Å²) in [6.45, 7) is 3.68. The van der Waals surface area contributed by atoms with Crippen molar-refractivity contribution in [2.45, 2.75) is 25.9 Å². The van der Waals surface area contributed by atoms with Crippen LogP contribution in [0, 0.1) is 0 Å². The molecule has 0 bridgehead atoms. The maximum atomic E-state index is 11.0. The quantitative estimate of drug-likeness (QED) is 0.450. The van der Waals surface area contributed by atoms with E-state index >= 15 is 0 Å². The Bertz CT molecular complexity index is 323. The number of rotatable bonds is 3. The predicted molar refractivity (Wildman–Crippen MR) is 58.0 cm³/mol. The molecule has 0 aromatic heterocycles. The average Bonchev–Trinajstić information content (AvgIpc) is 2.17. The molecule has 0 unspecified atom stereocenters. The maximum absolute atomic E-state index is 11.0. The second-order valence-electron chi connectivity index (χ2n) is 3.96. The Morgan fingerprint density at radius 2 is 2.00 bits per heavy atom. The molecule has 0 aliphatic carbocycles. The lowest BCUT2D eigenvalue weighted by Gasteiger charge is -2.24. The van der Waals surface area contributed by atoms with Crippen LogP contribution < -0.4 is 11.3 Å². The number of nitrogens with one attached hydrogen (secondary N) is 1. The molecule has 82 valence electrons. The SMILES string of the molecule is CC(C)(Cc1ccccc1)OC(=O)NN. The van der Waals surface area contributed by atoms with Gasteiger partial charge in [0, 0.05) is 6.42 Å². The van der Waals surface area contributed by atoms with Gasteiger partial charge in [-0.3, -0.25) is 5.43 Å². The van der Waals surface area contributed by atoms with Crippen molar-refractivity contribution in [1.82, 2.24) is 5.43 Å². The van der Waals surface area contributed by atoms with Gasteiger partial charge in [0.05, 0.1) is 0 Å². The number of carbonyl (C=O) groups is 1. The topological polar surface area (TPSA) is 64.3 Å². The van der Waals surface area contributed by atoms with Gasteiger partial charge in [-0.25, -0.2) is 10.6 Å². The van der Waals surface area contributed by atoms with Gasteiger partial charge < -0.3 is 4.74 Å². The summed E-state index contributed by atoms with van der Waals surface area (Å²) in [5.74, 6) is 4.95. The molecule has 0 aliphatic heterocycles. The van der Waals surface area contributed by atoms with Gasteiger partial charge in [-0.15, -0.1) is 0 Å². The lowest BCUT2D eigenvalue weighted by molar-refractivity contribution is 0.0393. The van der Waals surface area contributed by atoms with Gasteiger partial charge in [-0.2, -0.15) is 0 Å². The van der Waals surface area contributed by atoms with Crippen molar-refractivity contribution < 1.29 is 9.53 Å². The van der Waals surface area contributed by atoms with Gasteiger partial charge >= 0.3 is 6.09 Å². The average molecular weight is 208 g/mol. The number of nitrogens with two attached hydrogens (primary N) is 1. The van der Waals surface area contributed by atoms with Crippen molar-refractivity contribution in [3.05, 3.63) is 35.9 Å². The first-order chi connectivity index (χ1) is 7.03. The summed E-state index contributed by atoms with van der Waals surface area (Å²) in [6, 6.07) is 9.84. The molecule has 1 aromatic rings. The van der Waals surface area contributed by atoms with Crippen LogP contribution in [0.4, 0.5) is 4.79 Å². The van der Waals surface area contributed by atoms with Gasteiger partial charge in [0.2, 0.25) is 0 Å². The number of carbonyl (C=O) groups excluding carboxylic acids is 1. The molecular formula is C11H16N2O2. The first kappa shape index (κ1) is 11.5. The normalized spacial score (nSPS) is 10.9. The van der Waals surface area contributed by atoms with E-state index in [0.29, 0.717) is 6.42 Å². The molecule has 1 amide bonds. The van der Waals surface area contributed by atoms with Crippen molar-refractivity contribution in [2.75, 3.05) is 0 Å². The molecule has 0 saturated heterocycles. The number of hydrogen-bond acceptors (Lipinski definition) is 3. The van der Waals surface area contributed by atoms with Gasteiger partial charge in [0.15, 0.2) is 0 Å². The first-order valence-corrected chi connectivity index (χ1v) is 4.77. The van der Waals surface area contributed by atoms with Crippen molar-refractivity contribution >= 4 is 6.09 Å². The third-order valence-corrected chi connectivity index (χ3v) is 1.96. The zero-order valence-corrected chi connectivity index (χ0v) is 8.99. The Balaban J connectivity index is 2.60. The third-order valence-electron chi connectivity index (χ3n) is 1.96. The van der Waals surface area contributed by atoms with Crippen molar-refractivity contribution in [3.63, 3.8) is 0 Å². The number of hydrogen-bond donors (Lipinski definition) is 2. The van der Waals surface area contributed by atoms with Crippen LogP contribution in [0.3, 0.4) is 0 Å². The Morgan fingerprint density at radius 1 is 1.40 bits per heavy atom. The van der Waals surface area contributed by atoms with Crippen LogP contribution >= 0.6 is 0 Å². The van der Waals surface area contributed by atoms with E-state index in [4.69, 9.17) is 10.6 Å². The third kappa shape index (κ3) is 3.99. The molecule has 0 fully saturated rings. The monoisotopic (exact) mass is 208 g/mol. The Morgan fingerprint density at radius 3 is 2.53 bits per heavy atom. The molecule has 1 rings (SSSR count). The maximum Gasteiger partial charge on any atom is 0.421 e. The van der Waals surface area contributed by atoms with E-state index in [0.717, 1.165) is 5.56 Å². The first-order valence-electron chi connectivity index (χ1n) is 4.77. The number of hydrazine groups is 1. The van der Waals surface area contributed by atoms with Crippen molar-refractivity contribution in [3.8, 4) is 0 Å². The molecule has 4 heteroatoms. The molecule has 0 saturated carbocycles. The number of benzene rings is 1. The van der Waals surface area contributed by atoms with Crippen molar-refractivity contribution in [1.29, 1.82) is 0 Å². The summed E-state index contributed by atoms with van der Waals surface area (Å²) in [4.78, 5) is 11.0. The van der Waals surface area contributed by atoms with Crippen molar-refractivity contribution in [2.24, 2.45) is 5.84 Å². The fourth-order valence-electron chi connectivity index (χ4n) is 1.40. The van der Waals surface area contributed by atoms with E-state index in [1.165, 1.54) is 0 Å². The van der Waals surface area contributed by atoms with Gasteiger partial charge in [-0.05, 0) is 19.4 Å². The zero-order valence-electron chi connectivity index (χ0n) is 8.99. The minimum atomic E-state index is -0.615. The summed E-state index contributed by atoms with van der Waals surface area (Å²) in [6.07, 6.45) is 0.0391. The van der Waals surface area contributed by atoms with Crippen LogP contribution in [0.5, 0.6) is 0 Å². The highest BCUT2D eigenvalue weighted by molar-refractivity contribution is 5.66. The standard InChI is InChI=1S/C11H16N2O2/c1-11(2,15-10(14)13-12)8-9-6-4-3-5-7-9/h3-7H,8,12H2,1-2H3,(H,13,14).